The van der Waals surface area contributed by atoms with E-state index in [4.69, 9.17) is 9.15 Å². The molecule has 0 saturated carbocycles. The van der Waals surface area contributed by atoms with Gasteiger partial charge in [0.05, 0.1) is 37.2 Å². The summed E-state index contributed by atoms with van der Waals surface area (Å²) >= 11 is 0. The molecule has 1 aliphatic heterocycles. The van der Waals surface area contributed by atoms with Crippen molar-refractivity contribution < 1.29 is 19.1 Å². The predicted molar refractivity (Wildman–Crippen MR) is 86.9 cm³/mol. The van der Waals surface area contributed by atoms with Gasteiger partial charge in [0.15, 0.2) is 0 Å². The number of amides is 1. The summed E-state index contributed by atoms with van der Waals surface area (Å²) in [5.41, 5.74) is -0.272. The molecule has 2 rings (SSSR count). The summed E-state index contributed by atoms with van der Waals surface area (Å²) in [5, 5.41) is 13.0. The van der Waals surface area contributed by atoms with Gasteiger partial charge in [-0.05, 0) is 52.3 Å². The summed E-state index contributed by atoms with van der Waals surface area (Å²) < 4.78 is 10.8. The molecule has 0 radical (unpaired) electrons. The molecular formula is C17H28N2O4. The number of nitrogens with one attached hydrogen (secondary N) is 1. The number of hydrogen-bond donors (Lipinski definition) is 2. The topological polar surface area (TPSA) is 74.9 Å². The Bertz CT molecular complexity index is 481. The molecule has 1 amide bonds. The van der Waals surface area contributed by atoms with E-state index in [2.05, 4.69) is 5.32 Å². The summed E-state index contributed by atoms with van der Waals surface area (Å²) in [7, 11) is 0. The number of rotatable bonds is 7. The van der Waals surface area contributed by atoms with Gasteiger partial charge in [-0.2, -0.15) is 0 Å². The van der Waals surface area contributed by atoms with Crippen LogP contribution in [-0.2, 0) is 16.1 Å². The standard InChI is InChI=1S/C17H28N2O4/c1-17(2,3)23-12-13(20)11-19-8-4-7-15(19)16(21)18-10-14-6-5-9-22-14/h5-6,9,13,15,20H,4,7-8,10-12H2,1-3H3,(H,18,21)/t13-,15+/m0/s1. The van der Waals surface area contributed by atoms with Gasteiger partial charge in [-0.25, -0.2) is 0 Å². The Kier molecular flexibility index (Phi) is 6.21. The van der Waals surface area contributed by atoms with Crippen molar-refractivity contribution in [1.82, 2.24) is 10.2 Å². The number of furan rings is 1. The van der Waals surface area contributed by atoms with Gasteiger partial charge in [-0.3, -0.25) is 9.69 Å². The van der Waals surface area contributed by atoms with Crippen LogP contribution in [-0.4, -0.2) is 53.4 Å². The lowest BCUT2D eigenvalue weighted by Gasteiger charge is -2.27. The number of hydrogen-bond acceptors (Lipinski definition) is 5. The second-order valence-corrected chi connectivity index (χ2v) is 7.03. The van der Waals surface area contributed by atoms with E-state index in [1.165, 1.54) is 0 Å². The highest BCUT2D eigenvalue weighted by atomic mass is 16.5. The van der Waals surface area contributed by atoms with E-state index in [0.717, 1.165) is 25.1 Å². The van der Waals surface area contributed by atoms with Crippen molar-refractivity contribution in [3.05, 3.63) is 24.2 Å². The molecule has 1 aliphatic rings. The Balaban J connectivity index is 1.78. The predicted octanol–water partition coefficient (Wildman–Crippen LogP) is 1.54. The SMILES string of the molecule is CC(C)(C)OC[C@@H](O)CN1CCC[C@@H]1C(=O)NCc1ccco1. The van der Waals surface area contributed by atoms with E-state index in [0.29, 0.717) is 13.1 Å². The van der Waals surface area contributed by atoms with Crippen LogP contribution in [0.15, 0.2) is 22.8 Å². The molecule has 2 atom stereocenters. The maximum absolute atomic E-state index is 12.3. The molecule has 0 aliphatic carbocycles. The van der Waals surface area contributed by atoms with Crippen LogP contribution in [0.1, 0.15) is 39.4 Å². The number of aliphatic hydroxyl groups is 1. The van der Waals surface area contributed by atoms with Crippen molar-refractivity contribution in [3.63, 3.8) is 0 Å². The van der Waals surface area contributed by atoms with Crippen molar-refractivity contribution >= 4 is 5.91 Å². The normalized spacial score (nSPS) is 20.6. The van der Waals surface area contributed by atoms with Gasteiger partial charge in [0.2, 0.25) is 5.91 Å². The highest BCUT2D eigenvalue weighted by molar-refractivity contribution is 5.81. The maximum atomic E-state index is 12.3. The van der Waals surface area contributed by atoms with Gasteiger partial charge in [0, 0.05) is 6.54 Å². The Morgan fingerprint density at radius 1 is 1.57 bits per heavy atom. The molecule has 1 aromatic rings. The van der Waals surface area contributed by atoms with Crippen LogP contribution in [0, 0.1) is 0 Å². The van der Waals surface area contributed by atoms with Gasteiger partial charge < -0.3 is 19.6 Å². The minimum atomic E-state index is -0.590. The summed E-state index contributed by atoms with van der Waals surface area (Å²) in [4.78, 5) is 14.4. The van der Waals surface area contributed by atoms with Crippen LogP contribution in [0.4, 0.5) is 0 Å². The van der Waals surface area contributed by atoms with E-state index in [1.54, 1.807) is 12.3 Å². The fraction of sp³-hybridized carbons (Fsp3) is 0.706. The third-order valence-electron chi connectivity index (χ3n) is 3.84. The average molecular weight is 324 g/mol. The summed E-state index contributed by atoms with van der Waals surface area (Å²) in [6, 6.07) is 3.45. The van der Waals surface area contributed by atoms with E-state index < -0.39 is 6.10 Å². The van der Waals surface area contributed by atoms with Crippen molar-refractivity contribution in [2.75, 3.05) is 19.7 Å². The minimum absolute atomic E-state index is 0.0113. The fourth-order valence-electron chi connectivity index (χ4n) is 2.72. The Labute approximate surface area is 137 Å². The Morgan fingerprint density at radius 3 is 3.00 bits per heavy atom. The number of nitrogens with zero attached hydrogens (tertiary/aromatic N) is 1. The van der Waals surface area contributed by atoms with Crippen LogP contribution >= 0.6 is 0 Å². The van der Waals surface area contributed by atoms with Gasteiger partial charge in [0.25, 0.3) is 0 Å². The number of carbonyl (C=O) groups excluding carboxylic acids is 1. The number of aliphatic hydroxyl groups excluding tert-OH is 1. The number of carbonyl (C=O) groups is 1. The van der Waals surface area contributed by atoms with Crippen molar-refractivity contribution in [3.8, 4) is 0 Å². The Hall–Kier alpha value is -1.37. The second kappa shape index (κ2) is 7.95. The number of likely N-dealkylation sites (tertiary alicyclic amines) is 1. The zero-order valence-corrected chi connectivity index (χ0v) is 14.2. The first-order chi connectivity index (χ1) is 10.8. The summed E-state index contributed by atoms with van der Waals surface area (Å²) in [5.74, 6) is 0.726. The van der Waals surface area contributed by atoms with Crippen LogP contribution < -0.4 is 5.32 Å². The number of β-amino-alcohol motifs (C(OH)–C–C–N with tert-alkyl or cyclic N) is 1. The molecule has 2 heterocycles. The van der Waals surface area contributed by atoms with Crippen molar-refractivity contribution in [1.29, 1.82) is 0 Å². The molecule has 1 aromatic heterocycles. The third-order valence-corrected chi connectivity index (χ3v) is 3.84. The van der Waals surface area contributed by atoms with Crippen LogP contribution in [0.3, 0.4) is 0 Å². The van der Waals surface area contributed by atoms with Crippen molar-refractivity contribution in [2.24, 2.45) is 0 Å². The Morgan fingerprint density at radius 2 is 2.35 bits per heavy atom. The maximum Gasteiger partial charge on any atom is 0.237 e. The van der Waals surface area contributed by atoms with Crippen LogP contribution in [0.5, 0.6) is 0 Å². The molecule has 2 N–H and O–H groups in total. The highest BCUT2D eigenvalue weighted by Crippen LogP contribution is 2.18. The first-order valence-electron chi connectivity index (χ1n) is 8.21. The molecule has 0 unspecified atom stereocenters. The fourth-order valence-corrected chi connectivity index (χ4v) is 2.72. The minimum Gasteiger partial charge on any atom is -0.467 e. The van der Waals surface area contributed by atoms with Gasteiger partial charge >= 0.3 is 0 Å². The van der Waals surface area contributed by atoms with E-state index >= 15 is 0 Å². The smallest absolute Gasteiger partial charge is 0.237 e. The second-order valence-electron chi connectivity index (χ2n) is 7.03. The van der Waals surface area contributed by atoms with Crippen LogP contribution in [0.2, 0.25) is 0 Å². The lowest BCUT2D eigenvalue weighted by atomic mass is 10.2. The van der Waals surface area contributed by atoms with Crippen molar-refractivity contribution in [2.45, 2.75) is 57.9 Å². The number of ether oxygens (including phenoxy) is 1. The van der Waals surface area contributed by atoms with Gasteiger partial charge in [0.1, 0.15) is 5.76 Å². The first-order valence-corrected chi connectivity index (χ1v) is 8.21. The molecule has 23 heavy (non-hydrogen) atoms. The summed E-state index contributed by atoms with van der Waals surface area (Å²) in [6.45, 7) is 7.83. The van der Waals surface area contributed by atoms with E-state index in [1.807, 2.05) is 31.7 Å². The zero-order valence-electron chi connectivity index (χ0n) is 14.2. The molecule has 1 saturated heterocycles. The molecule has 6 heteroatoms. The zero-order chi connectivity index (χ0) is 16.9. The lowest BCUT2D eigenvalue weighted by molar-refractivity contribution is -0.126. The molecule has 0 bridgehead atoms. The molecular weight excluding hydrogens is 296 g/mol. The molecule has 6 nitrogen and oxygen atoms in total. The monoisotopic (exact) mass is 324 g/mol. The first kappa shape index (κ1) is 18.0. The highest BCUT2D eigenvalue weighted by Gasteiger charge is 2.32. The van der Waals surface area contributed by atoms with Crippen LogP contribution in [0.25, 0.3) is 0 Å². The van der Waals surface area contributed by atoms with E-state index in [9.17, 15) is 9.90 Å². The molecule has 0 aromatic carbocycles. The molecule has 1 fully saturated rings. The molecule has 130 valence electrons. The third kappa shape index (κ3) is 5.97. The lowest BCUT2D eigenvalue weighted by Crippen LogP contribution is -2.46. The van der Waals surface area contributed by atoms with Gasteiger partial charge in [-0.15, -0.1) is 0 Å². The van der Waals surface area contributed by atoms with Gasteiger partial charge in [-0.1, -0.05) is 0 Å². The van der Waals surface area contributed by atoms with E-state index in [-0.39, 0.29) is 24.2 Å². The largest absolute Gasteiger partial charge is 0.467 e. The summed E-state index contributed by atoms with van der Waals surface area (Å²) in [6.07, 6.45) is 2.78. The average Bonchev–Trinajstić information content (AvgIpc) is 3.13. The quantitative estimate of drug-likeness (QED) is 0.796. The molecule has 0 spiro atoms.